The number of carbonyl (C=O) groups excluding carboxylic acids is 2. The maximum absolute atomic E-state index is 13.9. The Balaban J connectivity index is 1.76. The van der Waals surface area contributed by atoms with E-state index in [2.05, 4.69) is 4.98 Å². The SMILES string of the molecule is CCC(=O)c1ccnc(-n2ccc3cc(N(CC(=O)OC(C)(C)C)S(=O)(=O)C4C=C(Cl)C=C(Cl)C4)ccc32)c1. The van der Waals surface area contributed by atoms with Gasteiger partial charge in [0.25, 0.3) is 0 Å². The van der Waals surface area contributed by atoms with Gasteiger partial charge in [-0.2, -0.15) is 0 Å². The fourth-order valence-electron chi connectivity index (χ4n) is 4.27. The highest BCUT2D eigenvalue weighted by molar-refractivity contribution is 7.93. The van der Waals surface area contributed by atoms with E-state index in [9.17, 15) is 18.0 Å². The van der Waals surface area contributed by atoms with Gasteiger partial charge in [-0.3, -0.25) is 13.9 Å². The standard InChI is InChI=1S/C28H29Cl2N3O5S/c1-5-25(34)19-8-10-31-26(13-19)32-11-9-18-12-22(6-7-24(18)32)33(17-27(35)38-28(2,3)4)39(36,37)23-15-20(29)14-21(30)16-23/h6-15,23H,5,16-17H2,1-4H3. The lowest BCUT2D eigenvalue weighted by molar-refractivity contribution is -0.152. The smallest absolute Gasteiger partial charge is 0.327 e. The summed E-state index contributed by atoms with van der Waals surface area (Å²) in [4.78, 5) is 29.4. The van der Waals surface area contributed by atoms with Crippen molar-refractivity contribution in [2.45, 2.75) is 51.4 Å². The lowest BCUT2D eigenvalue weighted by Crippen LogP contribution is -2.43. The molecule has 1 aliphatic carbocycles. The molecule has 0 bridgehead atoms. The molecule has 0 saturated carbocycles. The zero-order chi connectivity index (χ0) is 28.5. The topological polar surface area (TPSA) is 98.6 Å². The number of hydrogen-bond donors (Lipinski definition) is 0. The van der Waals surface area contributed by atoms with Gasteiger partial charge in [0.2, 0.25) is 10.0 Å². The molecule has 0 radical (unpaired) electrons. The number of fused-ring (bicyclic) bond motifs is 1. The Kier molecular flexibility index (Phi) is 8.25. The van der Waals surface area contributed by atoms with Crippen LogP contribution in [0.4, 0.5) is 5.69 Å². The second-order valence-electron chi connectivity index (χ2n) is 10.1. The van der Waals surface area contributed by atoms with E-state index < -0.39 is 33.4 Å². The highest BCUT2D eigenvalue weighted by Crippen LogP contribution is 2.33. The number of pyridine rings is 1. The van der Waals surface area contributed by atoms with Gasteiger partial charge in [-0.1, -0.05) is 30.1 Å². The van der Waals surface area contributed by atoms with E-state index in [4.69, 9.17) is 27.9 Å². The van der Waals surface area contributed by atoms with Crippen LogP contribution in [0.1, 0.15) is 50.9 Å². The number of esters is 1. The first-order valence-electron chi connectivity index (χ1n) is 12.4. The molecular formula is C28H29Cl2N3O5S. The number of allylic oxidation sites excluding steroid dienone is 3. The number of halogens is 2. The van der Waals surface area contributed by atoms with Gasteiger partial charge in [0.15, 0.2) is 5.78 Å². The number of anilines is 1. The summed E-state index contributed by atoms with van der Waals surface area (Å²) in [6.07, 6.45) is 6.69. The zero-order valence-corrected chi connectivity index (χ0v) is 24.3. The fraction of sp³-hybridized carbons (Fsp3) is 0.321. The van der Waals surface area contributed by atoms with E-state index in [1.54, 1.807) is 70.4 Å². The number of Topliss-reactive ketones (excluding diaryl/α,β-unsaturated/α-hetero) is 1. The van der Waals surface area contributed by atoms with Crippen molar-refractivity contribution in [1.82, 2.24) is 9.55 Å². The van der Waals surface area contributed by atoms with Gasteiger partial charge in [0.1, 0.15) is 23.2 Å². The van der Waals surface area contributed by atoms with Crippen molar-refractivity contribution in [2.75, 3.05) is 10.8 Å². The molecule has 0 spiro atoms. The monoisotopic (exact) mass is 589 g/mol. The van der Waals surface area contributed by atoms with Crippen LogP contribution in [0.2, 0.25) is 0 Å². The minimum atomic E-state index is -4.14. The summed E-state index contributed by atoms with van der Waals surface area (Å²) in [6, 6.07) is 10.2. The van der Waals surface area contributed by atoms with Crippen molar-refractivity contribution in [3.8, 4) is 5.82 Å². The van der Waals surface area contributed by atoms with Crippen LogP contribution in [0, 0.1) is 0 Å². The Hall–Kier alpha value is -3.14. The first-order valence-corrected chi connectivity index (χ1v) is 14.6. The van der Waals surface area contributed by atoms with Gasteiger partial charge in [0, 0.05) is 46.2 Å². The van der Waals surface area contributed by atoms with Crippen molar-refractivity contribution in [3.05, 3.63) is 76.6 Å². The number of benzene rings is 1. The number of aromatic nitrogens is 2. The van der Waals surface area contributed by atoms with Gasteiger partial charge in [-0.15, -0.1) is 0 Å². The fourth-order valence-corrected chi connectivity index (χ4v) is 6.79. The maximum Gasteiger partial charge on any atom is 0.327 e. The third kappa shape index (κ3) is 6.54. The number of sulfonamides is 1. The molecule has 206 valence electrons. The lowest BCUT2D eigenvalue weighted by Gasteiger charge is -2.30. The molecule has 2 aromatic heterocycles. The molecule has 0 fully saturated rings. The average molecular weight is 591 g/mol. The average Bonchev–Trinajstić information content (AvgIpc) is 3.28. The number of carbonyl (C=O) groups is 2. The molecule has 39 heavy (non-hydrogen) atoms. The molecule has 0 saturated heterocycles. The second-order valence-corrected chi connectivity index (χ2v) is 13.1. The molecule has 2 heterocycles. The molecule has 0 N–H and O–H groups in total. The van der Waals surface area contributed by atoms with E-state index in [1.165, 1.54) is 12.2 Å². The predicted octanol–water partition coefficient (Wildman–Crippen LogP) is 6.11. The normalized spacial score (nSPS) is 16.0. The number of ketones is 1. The van der Waals surface area contributed by atoms with Crippen molar-refractivity contribution in [3.63, 3.8) is 0 Å². The first-order chi connectivity index (χ1) is 18.3. The van der Waals surface area contributed by atoms with Crippen molar-refractivity contribution < 1.29 is 22.7 Å². The van der Waals surface area contributed by atoms with E-state index in [1.807, 2.05) is 10.6 Å². The van der Waals surface area contributed by atoms with Crippen molar-refractivity contribution >= 4 is 61.6 Å². The second kappa shape index (κ2) is 11.2. The van der Waals surface area contributed by atoms with Gasteiger partial charge >= 0.3 is 5.97 Å². The Labute approximate surface area is 237 Å². The van der Waals surface area contributed by atoms with Crippen LogP contribution in [0.5, 0.6) is 0 Å². The molecule has 3 aromatic rings. The molecule has 8 nitrogen and oxygen atoms in total. The van der Waals surface area contributed by atoms with Crippen LogP contribution in [-0.2, 0) is 19.6 Å². The van der Waals surface area contributed by atoms with Crippen LogP contribution in [0.3, 0.4) is 0 Å². The Morgan fingerprint density at radius 3 is 2.56 bits per heavy atom. The molecule has 1 unspecified atom stereocenters. The molecule has 1 aliphatic rings. The van der Waals surface area contributed by atoms with Crippen LogP contribution >= 0.6 is 23.2 Å². The summed E-state index contributed by atoms with van der Waals surface area (Å²) in [5.74, 6) is -0.135. The Bertz CT molecular complexity index is 1600. The maximum atomic E-state index is 13.9. The number of ether oxygens (including phenoxy) is 1. The highest BCUT2D eigenvalue weighted by atomic mass is 35.5. The number of nitrogens with zero attached hydrogens (tertiary/aromatic N) is 3. The molecule has 0 aliphatic heterocycles. The quantitative estimate of drug-likeness (QED) is 0.232. The summed E-state index contributed by atoms with van der Waals surface area (Å²) in [5.41, 5.74) is 0.786. The van der Waals surface area contributed by atoms with Crippen LogP contribution in [-0.4, -0.2) is 47.1 Å². The Morgan fingerprint density at radius 1 is 1.15 bits per heavy atom. The van der Waals surface area contributed by atoms with Gasteiger partial charge in [-0.25, -0.2) is 13.4 Å². The largest absolute Gasteiger partial charge is 0.459 e. The van der Waals surface area contributed by atoms with Crippen molar-refractivity contribution in [2.24, 2.45) is 0 Å². The summed E-state index contributed by atoms with van der Waals surface area (Å²) in [7, 11) is -4.14. The van der Waals surface area contributed by atoms with E-state index in [0.29, 0.717) is 28.2 Å². The summed E-state index contributed by atoms with van der Waals surface area (Å²) in [6.45, 7) is 6.41. The zero-order valence-electron chi connectivity index (χ0n) is 22.0. The van der Waals surface area contributed by atoms with Crippen LogP contribution < -0.4 is 4.31 Å². The molecule has 4 rings (SSSR count). The van der Waals surface area contributed by atoms with E-state index in [0.717, 1.165) is 9.82 Å². The van der Waals surface area contributed by atoms with Gasteiger partial charge in [-0.05, 0) is 69.3 Å². The lowest BCUT2D eigenvalue weighted by atomic mass is 10.1. The summed E-state index contributed by atoms with van der Waals surface area (Å²) in [5, 5.41) is 0.160. The third-order valence-electron chi connectivity index (χ3n) is 6.02. The summed E-state index contributed by atoms with van der Waals surface area (Å²) < 4.78 is 36.0. The molecule has 1 atom stereocenters. The minimum absolute atomic E-state index is 0.00667. The molecule has 1 aromatic carbocycles. The van der Waals surface area contributed by atoms with Crippen molar-refractivity contribution in [1.29, 1.82) is 0 Å². The molecule has 11 heteroatoms. The van der Waals surface area contributed by atoms with E-state index >= 15 is 0 Å². The van der Waals surface area contributed by atoms with Gasteiger partial charge in [0.05, 0.1) is 11.2 Å². The molecule has 0 amide bonds. The Morgan fingerprint density at radius 2 is 1.90 bits per heavy atom. The van der Waals surface area contributed by atoms with Crippen LogP contribution in [0.15, 0.2) is 71.0 Å². The number of hydrogen-bond acceptors (Lipinski definition) is 6. The minimum Gasteiger partial charge on any atom is -0.459 e. The van der Waals surface area contributed by atoms with Gasteiger partial charge < -0.3 is 9.30 Å². The number of rotatable bonds is 8. The summed E-state index contributed by atoms with van der Waals surface area (Å²) >= 11 is 12.3. The van der Waals surface area contributed by atoms with E-state index in [-0.39, 0.29) is 22.9 Å². The molecular weight excluding hydrogens is 561 g/mol. The predicted molar refractivity (Wildman–Crippen MR) is 154 cm³/mol. The highest BCUT2D eigenvalue weighted by Gasteiger charge is 2.35. The third-order valence-corrected chi connectivity index (χ3v) is 8.54. The first kappa shape index (κ1) is 28.9. The van der Waals surface area contributed by atoms with Crippen LogP contribution in [0.25, 0.3) is 16.7 Å².